The summed E-state index contributed by atoms with van der Waals surface area (Å²) in [7, 11) is 0. The zero-order chi connectivity index (χ0) is 12.4. The summed E-state index contributed by atoms with van der Waals surface area (Å²) < 4.78 is 0. The van der Waals surface area contributed by atoms with Crippen molar-refractivity contribution in [2.24, 2.45) is 0 Å². The minimum atomic E-state index is -0.227. The van der Waals surface area contributed by atoms with Gasteiger partial charge in [-0.05, 0) is 37.3 Å². The number of phenolic OH excluding ortho intramolecular Hbond substituents is 1. The predicted octanol–water partition coefficient (Wildman–Crippen LogP) is 1.79. The van der Waals surface area contributed by atoms with Gasteiger partial charge in [0.2, 0.25) is 5.78 Å². The van der Waals surface area contributed by atoms with Gasteiger partial charge in [0, 0.05) is 17.3 Å². The van der Waals surface area contributed by atoms with Gasteiger partial charge in [-0.2, -0.15) is 0 Å². The van der Waals surface area contributed by atoms with E-state index in [1.165, 1.54) is 24.3 Å². The SMILES string of the molecule is CC1=CC(=O)C(Nc2ccc(O)cc2)=CC1=O. The van der Waals surface area contributed by atoms with E-state index in [0.717, 1.165) is 0 Å². The number of phenols is 1. The fraction of sp³-hybridized carbons (Fsp3) is 0.0769. The van der Waals surface area contributed by atoms with E-state index in [4.69, 9.17) is 5.11 Å². The summed E-state index contributed by atoms with van der Waals surface area (Å²) in [6.45, 7) is 1.61. The van der Waals surface area contributed by atoms with Gasteiger partial charge in [-0.25, -0.2) is 0 Å². The summed E-state index contributed by atoms with van der Waals surface area (Å²) in [6.07, 6.45) is 2.59. The van der Waals surface area contributed by atoms with Gasteiger partial charge in [0.1, 0.15) is 5.75 Å². The Labute approximate surface area is 98.3 Å². The van der Waals surface area contributed by atoms with Crippen molar-refractivity contribution in [2.75, 3.05) is 5.32 Å². The molecule has 86 valence electrons. The number of carbonyl (C=O) groups excluding carboxylic acids is 2. The number of aromatic hydroxyl groups is 1. The average molecular weight is 229 g/mol. The van der Waals surface area contributed by atoms with Crippen molar-refractivity contribution in [3.05, 3.63) is 47.7 Å². The highest BCUT2D eigenvalue weighted by Gasteiger charge is 2.17. The average Bonchev–Trinajstić information content (AvgIpc) is 2.29. The van der Waals surface area contributed by atoms with E-state index in [2.05, 4.69) is 5.32 Å². The minimum Gasteiger partial charge on any atom is -0.508 e. The lowest BCUT2D eigenvalue weighted by molar-refractivity contribution is -0.115. The second kappa shape index (κ2) is 4.25. The quantitative estimate of drug-likeness (QED) is 0.599. The first kappa shape index (κ1) is 11.1. The number of carbonyl (C=O) groups is 2. The summed E-state index contributed by atoms with van der Waals surface area (Å²) in [6, 6.07) is 6.25. The molecule has 0 amide bonds. The van der Waals surface area contributed by atoms with E-state index in [1.54, 1.807) is 19.1 Å². The fourth-order valence-electron chi connectivity index (χ4n) is 1.46. The lowest BCUT2D eigenvalue weighted by Crippen LogP contribution is -2.17. The van der Waals surface area contributed by atoms with Crippen LogP contribution < -0.4 is 5.32 Å². The van der Waals surface area contributed by atoms with Crippen LogP contribution in [0.5, 0.6) is 5.75 Å². The second-order valence-corrected chi connectivity index (χ2v) is 3.79. The number of benzene rings is 1. The number of hydrogen-bond acceptors (Lipinski definition) is 4. The molecule has 0 heterocycles. The summed E-state index contributed by atoms with van der Waals surface area (Å²) in [5.74, 6) is -0.257. The van der Waals surface area contributed by atoms with Crippen molar-refractivity contribution in [1.82, 2.24) is 0 Å². The Morgan fingerprint density at radius 2 is 1.65 bits per heavy atom. The number of allylic oxidation sites excluding steroid dienone is 3. The van der Waals surface area contributed by atoms with Gasteiger partial charge in [-0.3, -0.25) is 9.59 Å². The molecule has 0 fully saturated rings. The van der Waals surface area contributed by atoms with Crippen molar-refractivity contribution in [3.8, 4) is 5.75 Å². The number of ketones is 2. The van der Waals surface area contributed by atoms with Crippen LogP contribution >= 0.6 is 0 Å². The maximum absolute atomic E-state index is 11.6. The molecule has 4 heteroatoms. The molecule has 0 radical (unpaired) electrons. The molecule has 0 aliphatic heterocycles. The maximum Gasteiger partial charge on any atom is 0.202 e. The van der Waals surface area contributed by atoms with Crippen molar-refractivity contribution in [2.45, 2.75) is 6.92 Å². The van der Waals surface area contributed by atoms with E-state index in [9.17, 15) is 9.59 Å². The van der Waals surface area contributed by atoms with E-state index in [-0.39, 0.29) is 23.0 Å². The molecule has 0 bridgehead atoms. The number of anilines is 1. The molecule has 0 aromatic heterocycles. The Balaban J connectivity index is 2.20. The van der Waals surface area contributed by atoms with E-state index in [0.29, 0.717) is 11.3 Å². The molecule has 0 unspecified atom stereocenters. The lowest BCUT2D eigenvalue weighted by Gasteiger charge is -2.12. The third kappa shape index (κ3) is 2.42. The Morgan fingerprint density at radius 3 is 2.29 bits per heavy atom. The molecule has 2 rings (SSSR count). The van der Waals surface area contributed by atoms with Gasteiger partial charge in [0.15, 0.2) is 5.78 Å². The summed E-state index contributed by atoms with van der Waals surface area (Å²) in [5.41, 5.74) is 1.32. The molecular formula is C13H11NO3. The molecule has 0 atom stereocenters. The highest BCUT2D eigenvalue weighted by atomic mass is 16.3. The van der Waals surface area contributed by atoms with Crippen molar-refractivity contribution < 1.29 is 14.7 Å². The molecule has 0 spiro atoms. The van der Waals surface area contributed by atoms with E-state index < -0.39 is 0 Å². The summed E-state index contributed by atoms with van der Waals surface area (Å²) >= 11 is 0. The Morgan fingerprint density at radius 1 is 1.00 bits per heavy atom. The minimum absolute atomic E-state index is 0.145. The molecule has 1 aliphatic carbocycles. The lowest BCUT2D eigenvalue weighted by atomic mass is 10.0. The van der Waals surface area contributed by atoms with Gasteiger partial charge in [0.05, 0.1) is 5.70 Å². The summed E-state index contributed by atoms with van der Waals surface area (Å²) in [5, 5.41) is 12.0. The third-order valence-electron chi connectivity index (χ3n) is 2.42. The van der Waals surface area contributed by atoms with Gasteiger partial charge in [-0.1, -0.05) is 0 Å². The van der Waals surface area contributed by atoms with Crippen molar-refractivity contribution in [1.29, 1.82) is 0 Å². The maximum atomic E-state index is 11.6. The van der Waals surface area contributed by atoms with Crippen LogP contribution in [0.1, 0.15) is 6.92 Å². The first-order chi connectivity index (χ1) is 8.06. The van der Waals surface area contributed by atoms with Gasteiger partial charge < -0.3 is 10.4 Å². The van der Waals surface area contributed by atoms with Crippen LogP contribution in [0.25, 0.3) is 0 Å². The van der Waals surface area contributed by atoms with Crippen molar-refractivity contribution in [3.63, 3.8) is 0 Å². The summed E-state index contributed by atoms with van der Waals surface area (Å²) in [4.78, 5) is 23.0. The molecule has 17 heavy (non-hydrogen) atoms. The van der Waals surface area contributed by atoms with Gasteiger partial charge in [0.25, 0.3) is 0 Å². The van der Waals surface area contributed by atoms with Gasteiger partial charge in [-0.15, -0.1) is 0 Å². The molecule has 0 saturated carbocycles. The van der Waals surface area contributed by atoms with Crippen molar-refractivity contribution >= 4 is 17.3 Å². The van der Waals surface area contributed by atoms with Crippen LogP contribution in [0.15, 0.2) is 47.7 Å². The fourth-order valence-corrected chi connectivity index (χ4v) is 1.46. The molecular weight excluding hydrogens is 218 g/mol. The van der Waals surface area contributed by atoms with E-state index in [1.807, 2.05) is 0 Å². The first-order valence-corrected chi connectivity index (χ1v) is 5.11. The standard InChI is InChI=1S/C13H11NO3/c1-8-6-13(17)11(7-12(8)16)14-9-2-4-10(15)5-3-9/h2-7,14-15H,1H3. The largest absolute Gasteiger partial charge is 0.508 e. The molecule has 2 N–H and O–H groups in total. The van der Waals surface area contributed by atoms with Crippen LogP contribution in [-0.4, -0.2) is 16.7 Å². The topological polar surface area (TPSA) is 66.4 Å². The van der Waals surface area contributed by atoms with Crippen LogP contribution in [0.3, 0.4) is 0 Å². The Bertz CT molecular complexity index is 538. The monoisotopic (exact) mass is 229 g/mol. The second-order valence-electron chi connectivity index (χ2n) is 3.79. The Kier molecular flexibility index (Phi) is 2.78. The zero-order valence-electron chi connectivity index (χ0n) is 9.23. The van der Waals surface area contributed by atoms with Gasteiger partial charge >= 0.3 is 0 Å². The van der Waals surface area contributed by atoms with Crippen LogP contribution in [0.4, 0.5) is 5.69 Å². The number of nitrogens with one attached hydrogen (secondary N) is 1. The number of rotatable bonds is 2. The Hall–Kier alpha value is -2.36. The van der Waals surface area contributed by atoms with Crippen LogP contribution in [0, 0.1) is 0 Å². The molecule has 1 aliphatic rings. The smallest absolute Gasteiger partial charge is 0.202 e. The first-order valence-electron chi connectivity index (χ1n) is 5.11. The highest BCUT2D eigenvalue weighted by Crippen LogP contribution is 2.18. The highest BCUT2D eigenvalue weighted by molar-refractivity contribution is 6.20. The molecule has 4 nitrogen and oxygen atoms in total. The molecule has 1 aromatic carbocycles. The molecule has 0 saturated heterocycles. The van der Waals surface area contributed by atoms with E-state index >= 15 is 0 Å². The number of hydrogen-bond donors (Lipinski definition) is 2. The third-order valence-corrected chi connectivity index (χ3v) is 2.42. The van der Waals surface area contributed by atoms with Crippen LogP contribution in [-0.2, 0) is 9.59 Å². The zero-order valence-corrected chi connectivity index (χ0v) is 9.23. The molecule has 1 aromatic rings. The normalized spacial score (nSPS) is 15.4. The predicted molar refractivity (Wildman–Crippen MR) is 63.6 cm³/mol. The van der Waals surface area contributed by atoms with Crippen LogP contribution in [0.2, 0.25) is 0 Å².